The minimum atomic E-state index is -1.97. The monoisotopic (exact) mass is 1210 g/mol. The highest BCUT2D eigenvalue weighted by atomic mass is 16.8. The molecule has 0 radical (unpaired) electrons. The van der Waals surface area contributed by atoms with Gasteiger partial charge in [0.25, 0.3) is 0 Å². The van der Waals surface area contributed by atoms with E-state index in [2.05, 4.69) is 26.8 Å². The maximum atomic E-state index is 12.4. The van der Waals surface area contributed by atoms with Crippen LogP contribution in [0.4, 0.5) is 0 Å². The first-order valence-electron chi connectivity index (χ1n) is 30.3. The average molecular weight is 1210 g/mol. The first-order chi connectivity index (χ1) is 39.7. The highest BCUT2D eigenvalue weighted by Gasteiger charge is 2.68. The molecule has 27 nitrogen and oxygen atoms in total. The smallest absolute Gasteiger partial charge is 0.187 e. The van der Waals surface area contributed by atoms with Crippen LogP contribution in [-0.2, 0) is 52.1 Å². The molecule has 9 fully saturated rings. The molecule has 0 amide bonds. The molecular weight excluding hydrogens is 1120 g/mol. The molecule has 16 N–H and O–H groups in total. The van der Waals surface area contributed by atoms with Gasteiger partial charge in [-0.2, -0.15) is 0 Å². The van der Waals surface area contributed by atoms with Crippen LogP contribution in [0.25, 0.3) is 0 Å². The Morgan fingerprint density at radius 1 is 0.560 bits per heavy atom. The van der Waals surface area contributed by atoms with E-state index in [-0.39, 0.29) is 41.3 Å². The van der Waals surface area contributed by atoms with E-state index < -0.39 is 185 Å². The van der Waals surface area contributed by atoms with Crippen molar-refractivity contribution in [3.05, 3.63) is 11.6 Å². The van der Waals surface area contributed by atoms with Crippen LogP contribution in [0.1, 0.15) is 99.3 Å². The first-order valence-corrected chi connectivity index (χ1v) is 30.3. The van der Waals surface area contributed by atoms with Gasteiger partial charge in [-0.3, -0.25) is 0 Å². The summed E-state index contributed by atoms with van der Waals surface area (Å²) in [6, 6.07) is 0. The number of rotatable bonds is 17. The predicted molar refractivity (Wildman–Crippen MR) is 281 cm³/mol. The highest BCUT2D eigenvalue weighted by Crippen LogP contribution is 2.70. The van der Waals surface area contributed by atoms with Gasteiger partial charge in [-0.25, -0.2) is 0 Å². The second-order valence-electron chi connectivity index (χ2n) is 26.6. The van der Waals surface area contributed by atoms with E-state index in [1.165, 1.54) is 19.4 Å². The van der Waals surface area contributed by atoms with Crippen molar-refractivity contribution in [3.63, 3.8) is 0 Å². The number of hydrogen-bond donors (Lipinski definition) is 16. The van der Waals surface area contributed by atoms with Crippen LogP contribution in [0.5, 0.6) is 0 Å². The molecule has 10 aliphatic rings. The summed E-state index contributed by atoms with van der Waals surface area (Å²) in [7, 11) is 0. The molecule has 0 aromatic rings. The topological polar surface area (TPSA) is 425 Å². The van der Waals surface area contributed by atoms with Gasteiger partial charge in [0.05, 0.1) is 50.8 Å². The standard InChI is InChI=1S/C57H94O27/c1-21(20-74-50-42(68)41(67)37(63)31(17-58)78-50)9-14-57(73)22(2)34-30(84-57)16-29-27-8-7-25-15-26(10-12-55(25,5)28(27)11-13-56(29,34)6)77-54-49(83-52-44(70)40(66)36(62)24(4)76-52)45(71)47(33(19-60)80-54)81-53-46(72)48(38(64)32(18-59)79-53)82-51-43(69)39(65)35(61)23(3)75-51/h7,21-24,26-54,58-73H,8-20H2,1-6H3/t21?,22-,23+,24+,26-,27+,28-,29-,30-,31+,32+,33+,34-,35+,36+,37+,38+,39-,40-,41-,42+,43-,44-,45-,46+,47+,48-,49+,50+,51-,52-,53-,54+,55-,56-,57?/m0/s1. The lowest BCUT2D eigenvalue weighted by atomic mass is 9.47. The average Bonchev–Trinajstić information content (AvgIpc) is 1.51. The zero-order valence-electron chi connectivity index (χ0n) is 48.5. The summed E-state index contributed by atoms with van der Waals surface area (Å²) < 4.78 is 66.5. The number of allylic oxidation sites excluding steroid dienone is 1. The summed E-state index contributed by atoms with van der Waals surface area (Å²) in [6.45, 7) is 9.48. The number of hydrogen-bond acceptors (Lipinski definition) is 27. The summed E-state index contributed by atoms with van der Waals surface area (Å²) in [5.41, 5.74) is 0.911. The van der Waals surface area contributed by atoms with E-state index in [9.17, 15) is 81.7 Å². The molecule has 36 atom stereocenters. The third-order valence-electron chi connectivity index (χ3n) is 21.6. The first kappa shape index (κ1) is 65.6. The Labute approximate surface area is 487 Å². The van der Waals surface area contributed by atoms with E-state index in [0.717, 1.165) is 32.1 Å². The molecule has 0 bridgehead atoms. The Morgan fingerprint density at radius 3 is 1.74 bits per heavy atom. The lowest BCUT2D eigenvalue weighted by Gasteiger charge is -2.58. The van der Waals surface area contributed by atoms with E-state index in [1.54, 1.807) is 0 Å². The van der Waals surface area contributed by atoms with Gasteiger partial charge in [0.15, 0.2) is 37.2 Å². The number of ether oxygens (including phenoxy) is 11. The van der Waals surface area contributed by atoms with Crippen molar-refractivity contribution < 1.29 is 134 Å². The molecule has 484 valence electrons. The summed E-state index contributed by atoms with van der Waals surface area (Å²) >= 11 is 0. The van der Waals surface area contributed by atoms with Crippen molar-refractivity contribution in [2.24, 2.45) is 46.3 Å². The van der Waals surface area contributed by atoms with Crippen LogP contribution < -0.4 is 0 Å². The number of fused-ring (bicyclic) bond motifs is 7. The van der Waals surface area contributed by atoms with Crippen LogP contribution in [0.2, 0.25) is 0 Å². The maximum Gasteiger partial charge on any atom is 0.187 e. The second kappa shape index (κ2) is 25.7. The molecular formula is C57H94O27. The van der Waals surface area contributed by atoms with Crippen LogP contribution >= 0.6 is 0 Å². The molecule has 0 aromatic carbocycles. The fraction of sp³-hybridized carbons (Fsp3) is 0.965. The van der Waals surface area contributed by atoms with Gasteiger partial charge in [-0.05, 0) is 106 Å². The number of aliphatic hydroxyl groups is 16. The van der Waals surface area contributed by atoms with Gasteiger partial charge in [0.1, 0.15) is 110 Å². The van der Waals surface area contributed by atoms with Gasteiger partial charge in [0, 0.05) is 12.3 Å². The lowest BCUT2D eigenvalue weighted by Crippen LogP contribution is -2.67. The minimum Gasteiger partial charge on any atom is -0.394 e. The predicted octanol–water partition coefficient (Wildman–Crippen LogP) is -4.16. The number of aliphatic hydroxyl groups excluding tert-OH is 15. The molecule has 0 aromatic heterocycles. The van der Waals surface area contributed by atoms with Gasteiger partial charge in [0.2, 0.25) is 0 Å². The molecule has 27 heteroatoms. The second-order valence-corrected chi connectivity index (χ2v) is 26.6. The van der Waals surface area contributed by atoms with Crippen molar-refractivity contribution in [2.45, 2.75) is 271 Å². The van der Waals surface area contributed by atoms with Crippen LogP contribution in [0.3, 0.4) is 0 Å². The minimum absolute atomic E-state index is 0.101. The van der Waals surface area contributed by atoms with Crippen LogP contribution in [-0.4, -0.2) is 280 Å². The normalized spacial score (nSPS) is 55.3. The summed E-state index contributed by atoms with van der Waals surface area (Å²) in [4.78, 5) is 0. The quantitative estimate of drug-likeness (QED) is 0.0615. The summed E-state index contributed by atoms with van der Waals surface area (Å²) in [5, 5.41) is 173. The van der Waals surface area contributed by atoms with Gasteiger partial charge >= 0.3 is 0 Å². The Morgan fingerprint density at radius 2 is 1.11 bits per heavy atom. The molecule has 2 unspecified atom stereocenters. The van der Waals surface area contributed by atoms with Gasteiger partial charge in [-0.1, -0.05) is 39.3 Å². The summed E-state index contributed by atoms with van der Waals surface area (Å²) in [5.74, 6) is -0.502. The van der Waals surface area contributed by atoms with Crippen molar-refractivity contribution in [3.8, 4) is 0 Å². The Balaban J connectivity index is 0.802. The molecule has 3 saturated carbocycles. The van der Waals surface area contributed by atoms with Crippen molar-refractivity contribution in [2.75, 3.05) is 26.4 Å². The Bertz CT molecular complexity index is 2220. The molecule has 0 spiro atoms. The third-order valence-corrected chi connectivity index (χ3v) is 21.6. The molecule has 4 aliphatic carbocycles. The van der Waals surface area contributed by atoms with E-state index >= 15 is 0 Å². The Kier molecular flexibility index (Phi) is 20.1. The highest BCUT2D eigenvalue weighted by molar-refractivity contribution is 5.26. The zero-order chi connectivity index (χ0) is 60.8. The fourth-order valence-electron chi connectivity index (χ4n) is 16.4. The van der Waals surface area contributed by atoms with Crippen molar-refractivity contribution >= 4 is 0 Å². The maximum absolute atomic E-state index is 12.4. The summed E-state index contributed by atoms with van der Waals surface area (Å²) in [6.07, 6.45) is -31.6. The van der Waals surface area contributed by atoms with E-state index in [4.69, 9.17) is 52.1 Å². The Hall–Kier alpha value is -1.34. The van der Waals surface area contributed by atoms with Gasteiger partial charge < -0.3 is 134 Å². The van der Waals surface area contributed by atoms with E-state index in [1.807, 2.05) is 6.92 Å². The zero-order valence-corrected chi connectivity index (χ0v) is 48.5. The lowest BCUT2D eigenvalue weighted by molar-refractivity contribution is -0.396. The van der Waals surface area contributed by atoms with Crippen LogP contribution in [0.15, 0.2) is 11.6 Å². The van der Waals surface area contributed by atoms with Crippen molar-refractivity contribution in [1.29, 1.82) is 0 Å². The molecule has 6 saturated heterocycles. The molecule has 6 aliphatic heterocycles. The fourth-order valence-corrected chi connectivity index (χ4v) is 16.4. The molecule has 84 heavy (non-hydrogen) atoms. The van der Waals surface area contributed by atoms with Crippen LogP contribution in [0, 0.1) is 46.3 Å². The van der Waals surface area contributed by atoms with Crippen molar-refractivity contribution in [1.82, 2.24) is 0 Å². The molecule has 10 rings (SSSR count). The largest absolute Gasteiger partial charge is 0.394 e. The third kappa shape index (κ3) is 11.9. The molecule has 6 heterocycles. The SMILES string of the molecule is CC(CCC1(O)O[C@H]2C[C@H]3[C@@H]4CC=C5C[C@@H](O[C@@H]6O[C@H](CO)[C@@H](O[C@@H]7O[C@H](CO)[C@@H](O)[C@H](O[C@@H]8O[C@H](C)[C@@H](O)[C@H](O)[C@@H]8O)[C@H]7O)[C@H](O)[C@H]6O[C@@H]6O[C@H](C)[C@@H](O)[C@H](O)[C@@H]6O)CC[C@]5(C)[C@H]4CC[C@]3(C)[C@H]2[C@@H]1C)CO[C@@H]1O[C@H](CO)[C@@H](O)[C@H](O)[C@H]1O. The van der Waals surface area contributed by atoms with E-state index in [0.29, 0.717) is 43.4 Å². The van der Waals surface area contributed by atoms with Gasteiger partial charge in [-0.15, -0.1) is 0 Å².